The molecule has 0 radical (unpaired) electrons. The lowest BCUT2D eigenvalue weighted by atomic mass is 9.97. The second-order valence-corrected chi connectivity index (χ2v) is 9.65. The molecule has 2 saturated heterocycles. The Kier molecular flexibility index (Phi) is 11.6. The van der Waals surface area contributed by atoms with Crippen LogP contribution in [0.4, 0.5) is 0 Å². The van der Waals surface area contributed by atoms with Crippen molar-refractivity contribution in [3.05, 3.63) is 35.3 Å². The maximum atomic E-state index is 11.6. The van der Waals surface area contributed by atoms with E-state index in [2.05, 4.69) is 46.2 Å². The maximum absolute atomic E-state index is 11.6. The molecule has 0 bridgehead atoms. The van der Waals surface area contributed by atoms with Crippen LogP contribution in [0.3, 0.4) is 0 Å². The molecule has 0 aromatic rings. The van der Waals surface area contributed by atoms with Crippen LogP contribution in [-0.4, -0.2) is 83.7 Å². The Hall–Kier alpha value is -1.87. The summed E-state index contributed by atoms with van der Waals surface area (Å²) in [6, 6.07) is 1.02. The first-order valence-corrected chi connectivity index (χ1v) is 12.9. The van der Waals surface area contributed by atoms with E-state index < -0.39 is 5.91 Å². The molecule has 0 aromatic heterocycles. The average Bonchev–Trinajstić information content (AvgIpc) is 2.84. The molecule has 6 N–H and O–H groups in total. The molecular weight excluding hydrogens is 450 g/mol. The molecule has 192 valence electrons. The normalized spacial score (nSPS) is 22.6. The highest BCUT2D eigenvalue weighted by Gasteiger charge is 2.34. The molecule has 2 fully saturated rings. The van der Waals surface area contributed by atoms with E-state index in [4.69, 9.17) is 28.8 Å². The number of carbonyl (C=O) groups excluding carboxylic acids is 1. The first-order valence-electron chi connectivity index (χ1n) is 12.5. The number of likely N-dealkylation sites (tertiary alicyclic amines) is 1. The molecule has 0 aromatic carbocycles. The van der Waals surface area contributed by atoms with Gasteiger partial charge in [-0.15, -0.1) is 0 Å². The van der Waals surface area contributed by atoms with E-state index in [-0.39, 0.29) is 16.6 Å². The third kappa shape index (κ3) is 7.83. The number of carbonyl (C=O) groups is 1. The minimum atomic E-state index is -0.700. The number of nitrogens with two attached hydrogens (primary N) is 3. The van der Waals surface area contributed by atoms with Gasteiger partial charge in [0, 0.05) is 44.0 Å². The Morgan fingerprint density at radius 3 is 2.38 bits per heavy atom. The van der Waals surface area contributed by atoms with Crippen molar-refractivity contribution in [1.82, 2.24) is 14.7 Å². The zero-order chi connectivity index (χ0) is 25.3. The van der Waals surface area contributed by atoms with Gasteiger partial charge in [-0.2, -0.15) is 0 Å². The number of primary amides is 1. The monoisotopic (exact) mass is 493 g/mol. The minimum Gasteiger partial charge on any atom is -0.400 e. The largest absolute Gasteiger partial charge is 0.400 e. The summed E-state index contributed by atoms with van der Waals surface area (Å²) in [6.07, 6.45) is 7.81. The summed E-state index contributed by atoms with van der Waals surface area (Å²) < 4.78 is 0. The van der Waals surface area contributed by atoms with Gasteiger partial charge in [0.2, 0.25) is 0 Å². The Morgan fingerprint density at radius 1 is 1.18 bits per heavy atom. The lowest BCUT2D eigenvalue weighted by Gasteiger charge is -2.48. The fourth-order valence-electron chi connectivity index (χ4n) is 4.89. The lowest BCUT2D eigenvalue weighted by molar-refractivity contribution is -0.114. The summed E-state index contributed by atoms with van der Waals surface area (Å²) in [5, 5.41) is 0.157. The molecule has 1 atom stereocenters. The first-order chi connectivity index (χ1) is 16.2. The van der Waals surface area contributed by atoms with Crippen molar-refractivity contribution in [1.29, 1.82) is 0 Å². The molecule has 9 heteroatoms. The van der Waals surface area contributed by atoms with E-state index in [9.17, 15) is 4.79 Å². The van der Waals surface area contributed by atoms with Gasteiger partial charge >= 0.3 is 0 Å². The van der Waals surface area contributed by atoms with Gasteiger partial charge in [-0.3, -0.25) is 14.6 Å². The van der Waals surface area contributed by atoms with E-state index in [0.717, 1.165) is 65.1 Å². The van der Waals surface area contributed by atoms with E-state index in [0.29, 0.717) is 17.8 Å². The third-order valence-electron chi connectivity index (χ3n) is 6.94. The van der Waals surface area contributed by atoms with Gasteiger partial charge < -0.3 is 22.1 Å². The van der Waals surface area contributed by atoms with Gasteiger partial charge in [-0.1, -0.05) is 43.7 Å². The smallest absolute Gasteiger partial charge is 0.269 e. The zero-order valence-corrected chi connectivity index (χ0v) is 22.0. The molecule has 0 saturated carbocycles. The summed E-state index contributed by atoms with van der Waals surface area (Å²) in [4.78, 5) is 23.2. The van der Waals surface area contributed by atoms with Gasteiger partial charge in [0.25, 0.3) is 5.91 Å². The van der Waals surface area contributed by atoms with Crippen LogP contribution in [0, 0.1) is 0 Å². The molecule has 0 spiro atoms. The third-order valence-corrected chi connectivity index (χ3v) is 7.25. The van der Waals surface area contributed by atoms with E-state index in [1.165, 1.54) is 18.4 Å². The van der Waals surface area contributed by atoms with Crippen molar-refractivity contribution < 1.29 is 4.79 Å². The van der Waals surface area contributed by atoms with E-state index in [1.807, 2.05) is 0 Å². The number of aliphatic imine (C=N–C) groups is 1. The molecule has 1 amide bonds. The SMILES string of the molecule is C=C(C(Cl)=N/C(C(N)=O)=C(\C)N)N1CCN(C2CCN(C/C(=C\CCN)CC)CC2)C(CC)C1. The highest BCUT2D eigenvalue weighted by Crippen LogP contribution is 2.26. The maximum Gasteiger partial charge on any atom is 0.269 e. The zero-order valence-electron chi connectivity index (χ0n) is 21.2. The highest BCUT2D eigenvalue weighted by molar-refractivity contribution is 6.69. The summed E-state index contributed by atoms with van der Waals surface area (Å²) in [7, 11) is 0. The number of nitrogens with zero attached hydrogens (tertiary/aromatic N) is 4. The van der Waals surface area contributed by atoms with Crippen LogP contribution >= 0.6 is 11.6 Å². The van der Waals surface area contributed by atoms with Crippen LogP contribution < -0.4 is 17.2 Å². The Labute approximate surface area is 210 Å². The van der Waals surface area contributed by atoms with Crippen molar-refractivity contribution in [2.75, 3.05) is 45.8 Å². The second-order valence-electron chi connectivity index (χ2n) is 9.29. The van der Waals surface area contributed by atoms with Crippen molar-refractivity contribution in [2.24, 2.45) is 22.2 Å². The molecule has 8 nitrogen and oxygen atoms in total. The van der Waals surface area contributed by atoms with Crippen molar-refractivity contribution in [2.45, 2.75) is 65.0 Å². The Morgan fingerprint density at radius 2 is 1.85 bits per heavy atom. The molecule has 2 rings (SSSR count). The predicted molar refractivity (Wildman–Crippen MR) is 142 cm³/mol. The first kappa shape index (κ1) is 28.4. The van der Waals surface area contributed by atoms with E-state index in [1.54, 1.807) is 6.92 Å². The molecule has 2 aliphatic rings. The average molecular weight is 494 g/mol. The summed E-state index contributed by atoms with van der Waals surface area (Å²) in [5.74, 6) is -0.700. The van der Waals surface area contributed by atoms with Gasteiger partial charge in [0.1, 0.15) is 5.70 Å². The van der Waals surface area contributed by atoms with Crippen LogP contribution in [0.5, 0.6) is 0 Å². The van der Waals surface area contributed by atoms with Crippen LogP contribution in [-0.2, 0) is 4.79 Å². The quantitative estimate of drug-likeness (QED) is 0.231. The van der Waals surface area contributed by atoms with E-state index >= 15 is 0 Å². The number of piperidine rings is 1. The fourth-order valence-corrected chi connectivity index (χ4v) is 5.10. The molecular formula is C25H44ClN7O. The van der Waals surface area contributed by atoms with Crippen molar-refractivity contribution in [3.63, 3.8) is 0 Å². The lowest BCUT2D eigenvalue weighted by Crippen LogP contribution is -2.58. The molecule has 2 aliphatic heterocycles. The summed E-state index contributed by atoms with van der Waals surface area (Å²) in [6.45, 7) is 16.8. The number of hydrogen-bond acceptors (Lipinski definition) is 7. The van der Waals surface area contributed by atoms with Gasteiger partial charge in [0.05, 0.1) is 5.70 Å². The van der Waals surface area contributed by atoms with Gasteiger partial charge in [0.15, 0.2) is 5.17 Å². The predicted octanol–water partition coefficient (Wildman–Crippen LogP) is 2.36. The van der Waals surface area contributed by atoms with Crippen LogP contribution in [0.25, 0.3) is 0 Å². The van der Waals surface area contributed by atoms with Crippen molar-refractivity contribution in [3.8, 4) is 0 Å². The molecule has 1 unspecified atom stereocenters. The van der Waals surface area contributed by atoms with Crippen molar-refractivity contribution >= 4 is 22.7 Å². The van der Waals surface area contributed by atoms with Crippen LogP contribution in [0.2, 0.25) is 0 Å². The summed E-state index contributed by atoms with van der Waals surface area (Å²) >= 11 is 6.41. The summed E-state index contributed by atoms with van der Waals surface area (Å²) in [5.41, 5.74) is 19.1. The number of allylic oxidation sites excluding steroid dienone is 2. The number of piperazine rings is 1. The number of rotatable bonds is 11. The standard InChI is InChI=1S/C25H44ClN7O/c1-5-20(8-7-11-27)16-31-12-9-22(10-13-31)33-15-14-32(17-21(33)6-2)19(4)24(26)30-23(18(3)28)25(29)34/h8,21-22H,4-7,9-17,27-28H2,1-3H3,(H2,29,34)/b20-8-,23-18+,30-24?. The highest BCUT2D eigenvalue weighted by atomic mass is 35.5. The Balaban J connectivity index is 1.96. The molecule has 2 heterocycles. The fraction of sp³-hybridized carbons (Fsp3) is 0.680. The van der Waals surface area contributed by atoms with Gasteiger partial charge in [-0.25, -0.2) is 4.99 Å². The minimum absolute atomic E-state index is 0.0207. The molecule has 34 heavy (non-hydrogen) atoms. The van der Waals surface area contributed by atoms with Gasteiger partial charge in [-0.05, 0) is 58.7 Å². The number of amides is 1. The number of hydrogen-bond donors (Lipinski definition) is 3. The van der Waals surface area contributed by atoms with Crippen LogP contribution in [0.15, 0.2) is 40.3 Å². The second kappa shape index (κ2) is 13.9. The molecule has 0 aliphatic carbocycles. The van der Waals surface area contributed by atoms with Crippen LogP contribution in [0.1, 0.15) is 52.9 Å². The Bertz CT molecular complexity index is 795. The number of halogens is 1. The topological polar surface area (TPSA) is 117 Å².